The number of carbonyl (C=O) groups is 1. The topological polar surface area (TPSA) is 43.3 Å². The predicted octanol–water partition coefficient (Wildman–Crippen LogP) is 4.75. The Hall–Kier alpha value is -2.17. The fourth-order valence-corrected chi connectivity index (χ4v) is 2.88. The molecule has 6 heteroatoms. The van der Waals surface area contributed by atoms with Gasteiger partial charge in [0.05, 0.1) is 12.1 Å². The molecule has 118 valence electrons. The Labute approximate surface area is 143 Å². The van der Waals surface area contributed by atoms with E-state index in [1.165, 1.54) is 0 Å². The summed E-state index contributed by atoms with van der Waals surface area (Å²) in [6.07, 6.45) is 0. The van der Waals surface area contributed by atoms with Crippen molar-refractivity contribution in [2.45, 2.75) is 0 Å². The summed E-state index contributed by atoms with van der Waals surface area (Å²) in [6.45, 7) is 0. The van der Waals surface area contributed by atoms with Gasteiger partial charge >= 0.3 is 0 Å². The highest BCUT2D eigenvalue weighted by atomic mass is 35.5. The second-order valence-corrected chi connectivity index (χ2v) is 5.94. The number of amides is 1. The van der Waals surface area contributed by atoms with E-state index >= 15 is 0 Å². The Morgan fingerprint density at radius 2 is 1.91 bits per heavy atom. The van der Waals surface area contributed by atoms with Gasteiger partial charge in [-0.05, 0) is 36.4 Å². The zero-order chi connectivity index (χ0) is 16.6. The van der Waals surface area contributed by atoms with Gasteiger partial charge in [0, 0.05) is 28.7 Å². The number of nitrogens with one attached hydrogen (secondary N) is 1. The average molecular weight is 349 g/mol. The molecular formula is C17H14Cl2N2O2. The van der Waals surface area contributed by atoms with Gasteiger partial charge in [-0.15, -0.1) is 0 Å². The largest absolute Gasteiger partial charge is 0.495 e. The van der Waals surface area contributed by atoms with Crippen molar-refractivity contribution in [3.8, 4) is 5.75 Å². The number of rotatable bonds is 3. The van der Waals surface area contributed by atoms with Gasteiger partial charge in [0.1, 0.15) is 11.4 Å². The maximum absolute atomic E-state index is 12.5. The lowest BCUT2D eigenvalue weighted by molar-refractivity contribution is 0.101. The molecule has 23 heavy (non-hydrogen) atoms. The third-order valence-corrected chi connectivity index (χ3v) is 4.18. The number of aryl methyl sites for hydroxylation is 1. The molecule has 0 radical (unpaired) electrons. The van der Waals surface area contributed by atoms with Gasteiger partial charge < -0.3 is 14.6 Å². The van der Waals surface area contributed by atoms with E-state index in [1.807, 2.05) is 29.8 Å². The molecule has 0 aliphatic heterocycles. The molecule has 0 atom stereocenters. The third-order valence-electron chi connectivity index (χ3n) is 3.65. The number of anilines is 1. The first kappa shape index (κ1) is 15.7. The van der Waals surface area contributed by atoms with Crippen molar-refractivity contribution in [2.24, 2.45) is 7.05 Å². The highest BCUT2D eigenvalue weighted by Gasteiger charge is 2.14. The number of carbonyl (C=O) groups excluding carboxylic acids is 1. The molecule has 0 bridgehead atoms. The second-order valence-electron chi connectivity index (χ2n) is 5.10. The quantitative estimate of drug-likeness (QED) is 0.742. The van der Waals surface area contributed by atoms with E-state index in [-0.39, 0.29) is 5.91 Å². The van der Waals surface area contributed by atoms with Crippen LogP contribution in [0.4, 0.5) is 5.69 Å². The lowest BCUT2D eigenvalue weighted by Crippen LogP contribution is -2.15. The Morgan fingerprint density at radius 1 is 1.13 bits per heavy atom. The van der Waals surface area contributed by atoms with Crippen LogP contribution in [-0.2, 0) is 7.05 Å². The first-order valence-electron chi connectivity index (χ1n) is 6.89. The molecule has 1 amide bonds. The Balaban J connectivity index is 1.91. The number of halogens is 2. The predicted molar refractivity (Wildman–Crippen MR) is 93.9 cm³/mol. The highest BCUT2D eigenvalue weighted by molar-refractivity contribution is 6.32. The average Bonchev–Trinajstić information content (AvgIpc) is 2.84. The van der Waals surface area contributed by atoms with Crippen LogP contribution in [0.1, 0.15) is 10.5 Å². The van der Waals surface area contributed by atoms with Gasteiger partial charge in [0.15, 0.2) is 0 Å². The van der Waals surface area contributed by atoms with E-state index in [1.54, 1.807) is 31.4 Å². The van der Waals surface area contributed by atoms with E-state index in [0.29, 0.717) is 27.2 Å². The van der Waals surface area contributed by atoms with E-state index in [0.717, 1.165) is 10.9 Å². The summed E-state index contributed by atoms with van der Waals surface area (Å²) >= 11 is 12.1. The Kier molecular flexibility index (Phi) is 4.20. The number of fused-ring (bicyclic) bond motifs is 1. The first-order chi connectivity index (χ1) is 11.0. The van der Waals surface area contributed by atoms with Crippen LogP contribution in [0.25, 0.3) is 10.9 Å². The van der Waals surface area contributed by atoms with Crippen LogP contribution in [0, 0.1) is 0 Å². The van der Waals surface area contributed by atoms with E-state index < -0.39 is 0 Å². The smallest absolute Gasteiger partial charge is 0.272 e. The molecule has 1 heterocycles. The summed E-state index contributed by atoms with van der Waals surface area (Å²) < 4.78 is 6.91. The van der Waals surface area contributed by atoms with Crippen molar-refractivity contribution >= 4 is 45.7 Å². The molecular weight excluding hydrogens is 335 g/mol. The standard InChI is InChI=1S/C17H14Cl2N2O2/c1-21-14-8-11(18)4-3-10(14)7-15(21)17(22)20-12-5-6-16(23-2)13(19)9-12/h3-9H,1-2H3,(H,20,22). The minimum Gasteiger partial charge on any atom is -0.495 e. The van der Waals surface area contributed by atoms with Gasteiger partial charge in [-0.2, -0.15) is 0 Å². The summed E-state index contributed by atoms with van der Waals surface area (Å²) in [5.41, 5.74) is 2.04. The van der Waals surface area contributed by atoms with Crippen molar-refractivity contribution in [1.29, 1.82) is 0 Å². The maximum atomic E-state index is 12.5. The summed E-state index contributed by atoms with van der Waals surface area (Å²) in [4.78, 5) is 12.5. The number of hydrogen-bond acceptors (Lipinski definition) is 2. The molecule has 0 saturated heterocycles. The SMILES string of the molecule is COc1ccc(NC(=O)c2cc3ccc(Cl)cc3n2C)cc1Cl. The van der Waals surface area contributed by atoms with Gasteiger partial charge in [0.25, 0.3) is 5.91 Å². The molecule has 0 aliphatic rings. The van der Waals surface area contributed by atoms with E-state index in [2.05, 4.69) is 5.32 Å². The number of nitrogens with zero attached hydrogens (tertiary/aromatic N) is 1. The summed E-state index contributed by atoms with van der Waals surface area (Å²) in [6, 6.07) is 12.4. The molecule has 4 nitrogen and oxygen atoms in total. The number of methoxy groups -OCH3 is 1. The molecule has 3 rings (SSSR count). The molecule has 3 aromatic rings. The molecule has 2 aromatic carbocycles. The maximum Gasteiger partial charge on any atom is 0.272 e. The Morgan fingerprint density at radius 3 is 2.61 bits per heavy atom. The van der Waals surface area contributed by atoms with Crippen molar-refractivity contribution in [3.63, 3.8) is 0 Å². The van der Waals surface area contributed by atoms with Crippen LogP contribution in [0.15, 0.2) is 42.5 Å². The number of hydrogen-bond donors (Lipinski definition) is 1. The van der Waals surface area contributed by atoms with Crippen molar-refractivity contribution in [1.82, 2.24) is 4.57 Å². The van der Waals surface area contributed by atoms with Crippen molar-refractivity contribution in [2.75, 3.05) is 12.4 Å². The van der Waals surface area contributed by atoms with Crippen LogP contribution in [0.3, 0.4) is 0 Å². The fourth-order valence-electron chi connectivity index (χ4n) is 2.46. The first-order valence-corrected chi connectivity index (χ1v) is 7.65. The second kappa shape index (κ2) is 6.14. The summed E-state index contributed by atoms with van der Waals surface area (Å²) in [5, 5.41) is 4.86. The highest BCUT2D eigenvalue weighted by Crippen LogP contribution is 2.28. The monoisotopic (exact) mass is 348 g/mol. The molecule has 0 fully saturated rings. The zero-order valence-corrected chi connectivity index (χ0v) is 14.1. The van der Waals surface area contributed by atoms with Gasteiger partial charge in [0.2, 0.25) is 0 Å². The minimum atomic E-state index is -0.221. The third kappa shape index (κ3) is 3.00. The fraction of sp³-hybridized carbons (Fsp3) is 0.118. The summed E-state index contributed by atoms with van der Waals surface area (Å²) in [7, 11) is 3.37. The molecule has 0 unspecified atom stereocenters. The minimum absolute atomic E-state index is 0.221. The number of aromatic nitrogens is 1. The number of ether oxygens (including phenoxy) is 1. The van der Waals surface area contributed by atoms with E-state index in [4.69, 9.17) is 27.9 Å². The molecule has 0 aliphatic carbocycles. The van der Waals surface area contributed by atoms with Crippen LogP contribution in [0.2, 0.25) is 10.0 Å². The van der Waals surface area contributed by atoms with Crippen molar-refractivity contribution in [3.05, 3.63) is 58.2 Å². The van der Waals surface area contributed by atoms with Crippen LogP contribution >= 0.6 is 23.2 Å². The molecule has 0 saturated carbocycles. The normalized spacial score (nSPS) is 10.8. The van der Waals surface area contributed by atoms with E-state index in [9.17, 15) is 4.79 Å². The van der Waals surface area contributed by atoms with Crippen LogP contribution in [-0.4, -0.2) is 17.6 Å². The molecule has 1 aromatic heterocycles. The van der Waals surface area contributed by atoms with Gasteiger partial charge in [-0.1, -0.05) is 29.3 Å². The molecule has 0 spiro atoms. The summed E-state index contributed by atoms with van der Waals surface area (Å²) in [5.74, 6) is 0.338. The van der Waals surface area contributed by atoms with Gasteiger partial charge in [-0.3, -0.25) is 4.79 Å². The molecule has 1 N–H and O–H groups in total. The lowest BCUT2D eigenvalue weighted by atomic mass is 10.2. The Bertz CT molecular complexity index is 903. The van der Waals surface area contributed by atoms with Gasteiger partial charge in [-0.25, -0.2) is 0 Å². The lowest BCUT2D eigenvalue weighted by Gasteiger charge is -2.09. The van der Waals surface area contributed by atoms with Crippen molar-refractivity contribution < 1.29 is 9.53 Å². The zero-order valence-electron chi connectivity index (χ0n) is 12.6. The number of benzene rings is 2. The van der Waals surface area contributed by atoms with Crippen LogP contribution in [0.5, 0.6) is 5.75 Å². The van der Waals surface area contributed by atoms with Crippen LogP contribution < -0.4 is 10.1 Å².